The average molecular weight is 311 g/mol. The van der Waals surface area contributed by atoms with Crippen LogP contribution in [0.5, 0.6) is 0 Å². The van der Waals surface area contributed by atoms with Gasteiger partial charge in [0.15, 0.2) is 12.3 Å². The van der Waals surface area contributed by atoms with Crippen molar-refractivity contribution in [1.82, 2.24) is 9.97 Å². The monoisotopic (exact) mass is 311 g/mol. The van der Waals surface area contributed by atoms with Crippen LogP contribution in [0, 0.1) is 6.92 Å². The second-order valence-electron chi connectivity index (χ2n) is 5.40. The molecule has 0 N–H and O–H groups in total. The molecule has 6 heteroatoms. The number of carbonyl (C=O) groups excluding carboxylic acids is 2. The molecule has 0 aliphatic carbocycles. The Labute approximate surface area is 134 Å². The van der Waals surface area contributed by atoms with Crippen LogP contribution >= 0.6 is 0 Å². The molecule has 1 aliphatic heterocycles. The smallest absolute Gasteiger partial charge is 0.359 e. The molecule has 3 rings (SSSR count). The van der Waals surface area contributed by atoms with Crippen molar-refractivity contribution in [1.29, 1.82) is 0 Å². The first-order chi connectivity index (χ1) is 11.1. The molecule has 0 atom stereocenters. The van der Waals surface area contributed by atoms with Crippen molar-refractivity contribution in [2.24, 2.45) is 0 Å². The molecule has 1 amide bonds. The number of hydrogen-bond acceptors (Lipinski definition) is 5. The third-order valence-corrected chi connectivity index (χ3v) is 3.73. The molecule has 0 bridgehead atoms. The van der Waals surface area contributed by atoms with E-state index in [2.05, 4.69) is 9.97 Å². The summed E-state index contributed by atoms with van der Waals surface area (Å²) in [6.45, 7) is 2.11. The lowest BCUT2D eigenvalue weighted by atomic mass is 10.0. The van der Waals surface area contributed by atoms with Crippen molar-refractivity contribution in [3.8, 4) is 0 Å². The van der Waals surface area contributed by atoms with Gasteiger partial charge < -0.3 is 9.64 Å². The van der Waals surface area contributed by atoms with Crippen molar-refractivity contribution in [3.63, 3.8) is 0 Å². The van der Waals surface area contributed by atoms with Crippen LogP contribution in [-0.4, -0.2) is 35.0 Å². The Morgan fingerprint density at radius 2 is 2.04 bits per heavy atom. The lowest BCUT2D eigenvalue weighted by Gasteiger charge is -2.29. The number of carbonyl (C=O) groups is 2. The van der Waals surface area contributed by atoms with Crippen LogP contribution in [0.1, 0.15) is 28.2 Å². The first-order valence-electron chi connectivity index (χ1n) is 7.49. The predicted octanol–water partition coefficient (Wildman–Crippen LogP) is 1.92. The molecule has 0 radical (unpaired) electrons. The van der Waals surface area contributed by atoms with Gasteiger partial charge in [0.1, 0.15) is 0 Å². The van der Waals surface area contributed by atoms with Crippen LogP contribution in [0.3, 0.4) is 0 Å². The van der Waals surface area contributed by atoms with Crippen molar-refractivity contribution in [2.75, 3.05) is 18.1 Å². The summed E-state index contributed by atoms with van der Waals surface area (Å²) in [5.74, 6) is -0.873. The molecule has 0 unspecified atom stereocenters. The van der Waals surface area contributed by atoms with Gasteiger partial charge in [0, 0.05) is 18.4 Å². The minimum atomic E-state index is -0.642. The standard InChI is InChI=1S/C17H17N3O3/c1-12-9-19-14(10-18-12)17(22)23-11-16(21)20-8-4-6-13-5-2-3-7-15(13)20/h2-3,5,7,9-10H,4,6,8,11H2,1H3. The summed E-state index contributed by atoms with van der Waals surface area (Å²) in [6, 6.07) is 7.80. The number of benzene rings is 1. The first kappa shape index (κ1) is 15.1. The number of anilines is 1. The molecule has 1 aliphatic rings. The van der Waals surface area contributed by atoms with Crippen LogP contribution in [-0.2, 0) is 16.0 Å². The molecular weight excluding hydrogens is 294 g/mol. The fourth-order valence-corrected chi connectivity index (χ4v) is 2.57. The van der Waals surface area contributed by atoms with Crippen LogP contribution in [0.25, 0.3) is 0 Å². The van der Waals surface area contributed by atoms with Gasteiger partial charge in [-0.3, -0.25) is 9.78 Å². The Balaban J connectivity index is 1.64. The Morgan fingerprint density at radius 1 is 1.22 bits per heavy atom. The number of amides is 1. The molecule has 0 fully saturated rings. The molecule has 0 saturated carbocycles. The van der Waals surface area contributed by atoms with E-state index in [9.17, 15) is 9.59 Å². The van der Waals surface area contributed by atoms with Crippen LogP contribution in [0.2, 0.25) is 0 Å². The molecule has 118 valence electrons. The predicted molar refractivity (Wildman–Crippen MR) is 84.2 cm³/mol. The van der Waals surface area contributed by atoms with Gasteiger partial charge in [0.05, 0.1) is 11.9 Å². The number of hydrogen-bond donors (Lipinski definition) is 0. The number of nitrogens with zero attached hydrogens (tertiary/aromatic N) is 3. The van der Waals surface area contributed by atoms with Gasteiger partial charge in [0.25, 0.3) is 5.91 Å². The van der Waals surface area contributed by atoms with E-state index in [1.54, 1.807) is 11.8 Å². The van der Waals surface area contributed by atoms with E-state index in [1.165, 1.54) is 12.4 Å². The lowest BCUT2D eigenvalue weighted by Crippen LogP contribution is -2.38. The molecule has 0 saturated heterocycles. The summed E-state index contributed by atoms with van der Waals surface area (Å²) < 4.78 is 5.07. The third-order valence-electron chi connectivity index (χ3n) is 3.73. The van der Waals surface area contributed by atoms with Gasteiger partial charge in [-0.1, -0.05) is 18.2 Å². The van der Waals surface area contributed by atoms with E-state index in [0.29, 0.717) is 12.2 Å². The highest BCUT2D eigenvalue weighted by atomic mass is 16.5. The van der Waals surface area contributed by atoms with Gasteiger partial charge >= 0.3 is 5.97 Å². The average Bonchev–Trinajstić information content (AvgIpc) is 2.59. The maximum atomic E-state index is 12.4. The maximum absolute atomic E-state index is 12.4. The minimum absolute atomic E-state index is 0.0995. The van der Waals surface area contributed by atoms with E-state index < -0.39 is 5.97 Å². The number of para-hydroxylation sites is 1. The number of rotatable bonds is 3. The Morgan fingerprint density at radius 3 is 2.83 bits per heavy atom. The molecule has 0 spiro atoms. The zero-order valence-corrected chi connectivity index (χ0v) is 12.9. The molecule has 1 aromatic carbocycles. The molecule has 23 heavy (non-hydrogen) atoms. The van der Waals surface area contributed by atoms with E-state index in [-0.39, 0.29) is 18.2 Å². The molecule has 2 heterocycles. The Bertz CT molecular complexity index is 728. The van der Waals surface area contributed by atoms with E-state index >= 15 is 0 Å². The van der Waals surface area contributed by atoms with Gasteiger partial charge in [-0.05, 0) is 31.4 Å². The maximum Gasteiger partial charge on any atom is 0.359 e. The Hall–Kier alpha value is -2.76. The zero-order valence-electron chi connectivity index (χ0n) is 12.9. The SMILES string of the molecule is Cc1cnc(C(=O)OCC(=O)N2CCCc3ccccc32)cn1. The highest BCUT2D eigenvalue weighted by molar-refractivity contribution is 5.97. The first-order valence-corrected chi connectivity index (χ1v) is 7.49. The minimum Gasteiger partial charge on any atom is -0.451 e. The highest BCUT2D eigenvalue weighted by Gasteiger charge is 2.23. The second kappa shape index (κ2) is 6.56. The quantitative estimate of drug-likeness (QED) is 0.810. The van der Waals surface area contributed by atoms with Gasteiger partial charge in [0.2, 0.25) is 0 Å². The van der Waals surface area contributed by atoms with E-state index in [1.807, 2.05) is 24.3 Å². The van der Waals surface area contributed by atoms with Gasteiger partial charge in [-0.15, -0.1) is 0 Å². The summed E-state index contributed by atoms with van der Waals surface area (Å²) in [5, 5.41) is 0. The highest BCUT2D eigenvalue weighted by Crippen LogP contribution is 2.26. The van der Waals surface area contributed by atoms with Gasteiger partial charge in [-0.2, -0.15) is 0 Å². The number of aromatic nitrogens is 2. The van der Waals surface area contributed by atoms with Gasteiger partial charge in [-0.25, -0.2) is 9.78 Å². The zero-order chi connectivity index (χ0) is 16.2. The summed E-state index contributed by atoms with van der Waals surface area (Å²) in [7, 11) is 0. The second-order valence-corrected chi connectivity index (χ2v) is 5.40. The van der Waals surface area contributed by atoms with Crippen molar-refractivity contribution in [2.45, 2.75) is 19.8 Å². The normalized spacial score (nSPS) is 13.3. The lowest BCUT2D eigenvalue weighted by molar-refractivity contribution is -0.121. The van der Waals surface area contributed by atoms with Crippen LogP contribution < -0.4 is 4.90 Å². The third kappa shape index (κ3) is 3.36. The van der Waals surface area contributed by atoms with E-state index in [4.69, 9.17) is 4.74 Å². The fraction of sp³-hybridized carbons (Fsp3) is 0.294. The van der Waals surface area contributed by atoms with Crippen LogP contribution in [0.15, 0.2) is 36.7 Å². The van der Waals surface area contributed by atoms with E-state index in [0.717, 1.165) is 24.1 Å². The number of fused-ring (bicyclic) bond motifs is 1. The topological polar surface area (TPSA) is 72.4 Å². The number of esters is 1. The summed E-state index contributed by atoms with van der Waals surface area (Å²) >= 11 is 0. The van der Waals surface area contributed by atoms with Crippen molar-refractivity contribution in [3.05, 3.63) is 53.6 Å². The van der Waals surface area contributed by atoms with Crippen LogP contribution in [0.4, 0.5) is 5.69 Å². The Kier molecular flexibility index (Phi) is 4.32. The summed E-state index contributed by atoms with van der Waals surface area (Å²) in [6.07, 6.45) is 4.69. The molecule has 2 aromatic rings. The largest absolute Gasteiger partial charge is 0.451 e. The number of ether oxygens (including phenoxy) is 1. The molecular formula is C17H17N3O3. The number of aryl methyl sites for hydroxylation is 2. The summed E-state index contributed by atoms with van der Waals surface area (Å²) in [4.78, 5) is 33.9. The molecule has 1 aromatic heterocycles. The summed E-state index contributed by atoms with van der Waals surface area (Å²) in [5.41, 5.74) is 2.85. The van der Waals surface area contributed by atoms with Crippen molar-refractivity contribution < 1.29 is 14.3 Å². The molecule has 6 nitrogen and oxygen atoms in total. The fourth-order valence-electron chi connectivity index (χ4n) is 2.57. The van der Waals surface area contributed by atoms with Crippen molar-refractivity contribution >= 4 is 17.6 Å².